The second kappa shape index (κ2) is 11.0. The van der Waals surface area contributed by atoms with Crippen molar-refractivity contribution in [3.05, 3.63) is 84.0 Å². The first-order valence-corrected chi connectivity index (χ1v) is 14.2. The van der Waals surface area contributed by atoms with Gasteiger partial charge in [-0.25, -0.2) is 8.42 Å². The van der Waals surface area contributed by atoms with Crippen molar-refractivity contribution >= 4 is 49.6 Å². The smallest absolute Gasteiger partial charge is 0.243 e. The summed E-state index contributed by atoms with van der Waals surface area (Å²) in [4.78, 5) is 6.85. The Morgan fingerprint density at radius 3 is 2.38 bits per heavy atom. The molecular formula is C28H29ClN4O3S. The van der Waals surface area contributed by atoms with Gasteiger partial charge >= 0.3 is 0 Å². The lowest BCUT2D eigenvalue weighted by Gasteiger charge is -2.35. The molecule has 9 heteroatoms. The van der Waals surface area contributed by atoms with Gasteiger partial charge in [0.05, 0.1) is 17.0 Å². The van der Waals surface area contributed by atoms with Crippen LogP contribution in [0.25, 0.3) is 10.9 Å². The van der Waals surface area contributed by atoms with E-state index in [0.29, 0.717) is 37.8 Å². The molecule has 0 unspecified atom stereocenters. The minimum absolute atomic E-state index is 0.287. The van der Waals surface area contributed by atoms with Crippen LogP contribution in [0, 0.1) is 0 Å². The lowest BCUT2D eigenvalue weighted by Crippen LogP contribution is -2.48. The molecule has 0 radical (unpaired) electrons. The topological polar surface area (TPSA) is 74.8 Å². The number of pyridine rings is 1. The van der Waals surface area contributed by atoms with Crippen molar-refractivity contribution in [1.29, 1.82) is 0 Å². The average molecular weight is 537 g/mol. The number of nitrogens with zero attached hydrogens (tertiary/aromatic N) is 3. The molecule has 1 aromatic heterocycles. The van der Waals surface area contributed by atoms with Crippen molar-refractivity contribution in [2.75, 3.05) is 43.0 Å². The molecule has 1 saturated heterocycles. The molecule has 1 fully saturated rings. The molecule has 192 valence electrons. The Morgan fingerprint density at radius 1 is 0.946 bits per heavy atom. The minimum atomic E-state index is -3.58. The zero-order chi connectivity index (χ0) is 25.8. The monoisotopic (exact) mass is 536 g/mol. The van der Waals surface area contributed by atoms with Crippen molar-refractivity contribution in [3.63, 3.8) is 0 Å². The molecule has 0 saturated carbocycles. The molecule has 0 atom stereocenters. The van der Waals surface area contributed by atoms with Gasteiger partial charge in [0.15, 0.2) is 0 Å². The number of nitrogens with one attached hydrogen (secondary N) is 1. The normalized spacial score (nSPS) is 14.6. The van der Waals surface area contributed by atoms with Gasteiger partial charge in [-0.1, -0.05) is 18.5 Å². The predicted octanol–water partition coefficient (Wildman–Crippen LogP) is 5.93. The van der Waals surface area contributed by atoms with Gasteiger partial charge < -0.3 is 15.0 Å². The number of ether oxygens (including phenoxy) is 1. The van der Waals surface area contributed by atoms with Gasteiger partial charge in [0.2, 0.25) is 10.0 Å². The van der Waals surface area contributed by atoms with Gasteiger partial charge in [-0.3, -0.25) is 4.98 Å². The third kappa shape index (κ3) is 5.66. The lowest BCUT2D eigenvalue weighted by molar-refractivity contribution is 0.317. The van der Waals surface area contributed by atoms with E-state index in [1.807, 2.05) is 48.5 Å². The number of anilines is 3. The fourth-order valence-corrected chi connectivity index (χ4v) is 5.99. The van der Waals surface area contributed by atoms with E-state index >= 15 is 0 Å². The van der Waals surface area contributed by atoms with E-state index in [0.717, 1.165) is 40.1 Å². The summed E-state index contributed by atoms with van der Waals surface area (Å²) in [7, 11) is -3.58. The number of piperazine rings is 1. The van der Waals surface area contributed by atoms with Crippen LogP contribution < -0.4 is 15.0 Å². The number of fused-ring (bicyclic) bond motifs is 1. The highest BCUT2D eigenvalue weighted by molar-refractivity contribution is 7.89. The zero-order valence-electron chi connectivity index (χ0n) is 20.6. The summed E-state index contributed by atoms with van der Waals surface area (Å²) in [6, 6.07) is 22.3. The summed E-state index contributed by atoms with van der Waals surface area (Å²) in [5.74, 6) is 0.853. The van der Waals surface area contributed by atoms with E-state index in [1.165, 1.54) is 0 Å². The van der Waals surface area contributed by atoms with Gasteiger partial charge in [0.1, 0.15) is 5.75 Å². The third-order valence-electron chi connectivity index (χ3n) is 6.39. The van der Waals surface area contributed by atoms with E-state index in [9.17, 15) is 8.42 Å². The Kier molecular flexibility index (Phi) is 7.50. The van der Waals surface area contributed by atoms with E-state index in [2.05, 4.69) is 22.1 Å². The Morgan fingerprint density at radius 2 is 1.68 bits per heavy atom. The standard InChI is InChI=1S/C28H29ClN4O3S/c1-2-19-36-24-8-6-23(7-9-24)32-15-17-33(18-16-32)37(34,35)25-10-4-22(5-11-25)31-27-13-14-30-28-20-21(29)3-12-26(27)28/h3-14,20H,2,15-19H2,1H3,(H,30,31). The van der Waals surface area contributed by atoms with Crippen LogP contribution in [0.3, 0.4) is 0 Å². The van der Waals surface area contributed by atoms with Gasteiger partial charge in [0, 0.05) is 59.8 Å². The van der Waals surface area contributed by atoms with E-state index in [4.69, 9.17) is 16.3 Å². The fraction of sp³-hybridized carbons (Fsp3) is 0.250. The predicted molar refractivity (Wildman–Crippen MR) is 150 cm³/mol. The number of rotatable bonds is 8. The maximum atomic E-state index is 13.3. The molecule has 1 N–H and O–H groups in total. The first-order chi connectivity index (χ1) is 17.9. The van der Waals surface area contributed by atoms with Gasteiger partial charge in [-0.05, 0) is 79.2 Å². The summed E-state index contributed by atoms with van der Waals surface area (Å²) >= 11 is 6.09. The lowest BCUT2D eigenvalue weighted by atomic mass is 10.2. The van der Waals surface area contributed by atoms with Crippen LogP contribution in [0.15, 0.2) is 83.9 Å². The quantitative estimate of drug-likeness (QED) is 0.301. The average Bonchev–Trinajstić information content (AvgIpc) is 2.92. The van der Waals surface area contributed by atoms with Crippen molar-refractivity contribution in [2.24, 2.45) is 0 Å². The number of hydrogen-bond donors (Lipinski definition) is 1. The number of hydrogen-bond acceptors (Lipinski definition) is 6. The van der Waals surface area contributed by atoms with Crippen molar-refractivity contribution in [2.45, 2.75) is 18.2 Å². The van der Waals surface area contributed by atoms with Crippen molar-refractivity contribution < 1.29 is 13.2 Å². The summed E-state index contributed by atoms with van der Waals surface area (Å²) in [6.07, 6.45) is 2.68. The van der Waals surface area contributed by atoms with Crippen LogP contribution in [0.2, 0.25) is 5.02 Å². The molecule has 37 heavy (non-hydrogen) atoms. The fourth-order valence-electron chi connectivity index (χ4n) is 4.40. The highest BCUT2D eigenvalue weighted by Gasteiger charge is 2.28. The Bertz CT molecular complexity index is 1470. The van der Waals surface area contributed by atoms with Gasteiger partial charge in [0.25, 0.3) is 0 Å². The Hall–Kier alpha value is -3.33. The van der Waals surface area contributed by atoms with Crippen LogP contribution >= 0.6 is 11.6 Å². The molecular weight excluding hydrogens is 508 g/mol. The Labute approximate surface area is 222 Å². The molecule has 2 heterocycles. The molecule has 0 amide bonds. The number of halogens is 1. The van der Waals surface area contributed by atoms with Gasteiger partial charge in [-0.2, -0.15) is 4.31 Å². The molecule has 0 bridgehead atoms. The van der Waals surface area contributed by atoms with Gasteiger partial charge in [-0.15, -0.1) is 0 Å². The van der Waals surface area contributed by atoms with Crippen LogP contribution in [0.5, 0.6) is 5.75 Å². The number of benzene rings is 3. The van der Waals surface area contributed by atoms with E-state index in [1.54, 1.807) is 34.8 Å². The molecule has 5 rings (SSSR count). The molecule has 1 aliphatic heterocycles. The summed E-state index contributed by atoms with van der Waals surface area (Å²) < 4.78 is 33.8. The van der Waals surface area contributed by atoms with Crippen LogP contribution in [0.1, 0.15) is 13.3 Å². The van der Waals surface area contributed by atoms with Crippen LogP contribution in [0.4, 0.5) is 17.1 Å². The zero-order valence-corrected chi connectivity index (χ0v) is 22.2. The summed E-state index contributed by atoms with van der Waals surface area (Å²) in [5.41, 5.74) is 3.52. The number of aromatic nitrogens is 1. The maximum absolute atomic E-state index is 13.3. The van der Waals surface area contributed by atoms with E-state index < -0.39 is 10.0 Å². The second-order valence-electron chi connectivity index (χ2n) is 8.90. The molecule has 4 aromatic rings. The Balaban J connectivity index is 1.23. The molecule has 0 aliphatic carbocycles. The second-order valence-corrected chi connectivity index (χ2v) is 11.3. The van der Waals surface area contributed by atoms with Crippen LogP contribution in [-0.2, 0) is 10.0 Å². The summed E-state index contributed by atoms with van der Waals surface area (Å²) in [6.45, 7) is 4.90. The molecule has 1 aliphatic rings. The summed E-state index contributed by atoms with van der Waals surface area (Å²) in [5, 5.41) is 4.92. The minimum Gasteiger partial charge on any atom is -0.494 e. The van der Waals surface area contributed by atoms with Crippen molar-refractivity contribution in [1.82, 2.24) is 9.29 Å². The first-order valence-electron chi connectivity index (χ1n) is 12.3. The highest BCUT2D eigenvalue weighted by Crippen LogP contribution is 2.28. The highest BCUT2D eigenvalue weighted by atomic mass is 35.5. The van der Waals surface area contributed by atoms with Crippen LogP contribution in [-0.4, -0.2) is 50.5 Å². The SMILES string of the molecule is CCCOc1ccc(N2CCN(S(=O)(=O)c3ccc(Nc4ccnc5cc(Cl)ccc45)cc3)CC2)cc1. The van der Waals surface area contributed by atoms with E-state index in [-0.39, 0.29) is 4.90 Å². The molecule has 0 spiro atoms. The third-order valence-corrected chi connectivity index (χ3v) is 8.54. The van der Waals surface area contributed by atoms with Crippen molar-refractivity contribution in [3.8, 4) is 5.75 Å². The first kappa shape index (κ1) is 25.3. The maximum Gasteiger partial charge on any atom is 0.243 e. The number of sulfonamides is 1. The largest absolute Gasteiger partial charge is 0.494 e. The molecule has 7 nitrogen and oxygen atoms in total. The molecule has 3 aromatic carbocycles.